The zero-order valence-electron chi connectivity index (χ0n) is 14.0. The number of phenols is 2. The molecule has 2 aromatic carbocycles. The van der Waals surface area contributed by atoms with Gasteiger partial charge in [-0.1, -0.05) is 12.1 Å². The molecule has 0 aromatic heterocycles. The van der Waals surface area contributed by atoms with Crippen LogP contribution in [0.2, 0.25) is 0 Å². The standard InChI is InChI=1S/C19H22N2O4/c1-11-18(12-3-6-16-17(9-12)25-8-2-7-24-16)19(21-20-11)14-5-4-13(22)10-15(14)23/h3-6,9-11,18-23H,2,7-8H2,1H3. The molecular formula is C19H22N2O4. The van der Waals surface area contributed by atoms with Crippen molar-refractivity contribution >= 4 is 0 Å². The molecular weight excluding hydrogens is 320 g/mol. The third-order valence-electron chi connectivity index (χ3n) is 4.87. The number of phenolic OH excluding ortho intramolecular Hbond substituents is 2. The summed E-state index contributed by atoms with van der Waals surface area (Å²) in [6, 6.07) is 10.8. The van der Waals surface area contributed by atoms with E-state index in [4.69, 9.17) is 9.47 Å². The largest absolute Gasteiger partial charge is 0.508 e. The Morgan fingerprint density at radius 3 is 2.56 bits per heavy atom. The van der Waals surface area contributed by atoms with Gasteiger partial charge in [-0.05, 0) is 30.7 Å². The third-order valence-corrected chi connectivity index (χ3v) is 4.87. The zero-order chi connectivity index (χ0) is 17.4. The van der Waals surface area contributed by atoms with Crippen LogP contribution in [-0.4, -0.2) is 29.5 Å². The highest BCUT2D eigenvalue weighted by Gasteiger charge is 2.37. The molecule has 1 fully saturated rings. The van der Waals surface area contributed by atoms with Gasteiger partial charge in [-0.25, -0.2) is 5.43 Å². The molecule has 0 spiro atoms. The quantitative estimate of drug-likeness (QED) is 0.671. The predicted octanol–water partition coefficient (Wildman–Crippen LogP) is 2.58. The summed E-state index contributed by atoms with van der Waals surface area (Å²) in [5.41, 5.74) is 8.36. The van der Waals surface area contributed by atoms with Crippen LogP contribution in [-0.2, 0) is 0 Å². The van der Waals surface area contributed by atoms with E-state index in [1.54, 1.807) is 12.1 Å². The molecule has 4 rings (SSSR count). The van der Waals surface area contributed by atoms with Gasteiger partial charge in [0.05, 0.1) is 19.3 Å². The van der Waals surface area contributed by atoms with Gasteiger partial charge in [0.15, 0.2) is 11.5 Å². The molecule has 0 saturated carbocycles. The number of nitrogens with one attached hydrogen (secondary N) is 2. The van der Waals surface area contributed by atoms with Crippen LogP contribution < -0.4 is 20.3 Å². The van der Waals surface area contributed by atoms with E-state index in [1.807, 2.05) is 18.2 Å². The Bertz CT molecular complexity index is 780. The van der Waals surface area contributed by atoms with Crippen molar-refractivity contribution in [1.82, 2.24) is 10.9 Å². The lowest BCUT2D eigenvalue weighted by atomic mass is 9.84. The van der Waals surface area contributed by atoms with Crippen LogP contribution >= 0.6 is 0 Å². The van der Waals surface area contributed by atoms with Crippen molar-refractivity contribution in [3.8, 4) is 23.0 Å². The van der Waals surface area contributed by atoms with Crippen molar-refractivity contribution in [2.24, 2.45) is 0 Å². The van der Waals surface area contributed by atoms with Crippen LogP contribution in [0.1, 0.15) is 36.4 Å². The Morgan fingerprint density at radius 2 is 1.76 bits per heavy atom. The summed E-state index contributed by atoms with van der Waals surface area (Å²) in [5.74, 6) is 1.76. The summed E-state index contributed by atoms with van der Waals surface area (Å²) in [7, 11) is 0. The molecule has 6 nitrogen and oxygen atoms in total. The van der Waals surface area contributed by atoms with Gasteiger partial charge in [0, 0.05) is 30.0 Å². The molecule has 2 aromatic rings. The first-order chi connectivity index (χ1) is 12.1. The van der Waals surface area contributed by atoms with Crippen LogP contribution in [0.3, 0.4) is 0 Å². The van der Waals surface area contributed by atoms with Crippen molar-refractivity contribution in [3.63, 3.8) is 0 Å². The minimum absolute atomic E-state index is 0.0485. The van der Waals surface area contributed by atoms with Crippen molar-refractivity contribution in [2.75, 3.05) is 13.2 Å². The van der Waals surface area contributed by atoms with Crippen LogP contribution in [0.25, 0.3) is 0 Å². The van der Waals surface area contributed by atoms with E-state index in [1.165, 1.54) is 6.07 Å². The number of hydrogen-bond donors (Lipinski definition) is 4. The second-order valence-corrected chi connectivity index (χ2v) is 6.58. The van der Waals surface area contributed by atoms with E-state index in [0.717, 1.165) is 29.0 Å². The van der Waals surface area contributed by atoms with E-state index in [-0.39, 0.29) is 29.5 Å². The van der Waals surface area contributed by atoms with E-state index in [0.29, 0.717) is 13.2 Å². The van der Waals surface area contributed by atoms with Gasteiger partial charge in [0.2, 0.25) is 0 Å². The molecule has 0 bridgehead atoms. The third kappa shape index (κ3) is 2.99. The number of benzene rings is 2. The minimum atomic E-state index is -0.125. The molecule has 132 valence electrons. The van der Waals surface area contributed by atoms with Gasteiger partial charge < -0.3 is 19.7 Å². The number of hydrazine groups is 1. The summed E-state index contributed by atoms with van der Waals surface area (Å²) < 4.78 is 11.5. The maximum atomic E-state index is 10.3. The molecule has 0 amide bonds. The molecule has 4 N–H and O–H groups in total. The van der Waals surface area contributed by atoms with Gasteiger partial charge >= 0.3 is 0 Å². The monoisotopic (exact) mass is 342 g/mol. The first-order valence-electron chi connectivity index (χ1n) is 8.56. The Hall–Kier alpha value is -2.44. The molecule has 2 aliphatic heterocycles. The van der Waals surface area contributed by atoms with E-state index in [9.17, 15) is 10.2 Å². The molecule has 3 atom stereocenters. The molecule has 6 heteroatoms. The van der Waals surface area contributed by atoms with Gasteiger partial charge in [-0.15, -0.1) is 0 Å². The lowest BCUT2D eigenvalue weighted by molar-refractivity contribution is 0.297. The maximum Gasteiger partial charge on any atom is 0.161 e. The molecule has 2 aliphatic rings. The first kappa shape index (κ1) is 16.1. The molecule has 3 unspecified atom stereocenters. The summed E-state index contributed by atoms with van der Waals surface area (Å²) in [6.07, 6.45) is 0.872. The second-order valence-electron chi connectivity index (χ2n) is 6.58. The topological polar surface area (TPSA) is 83.0 Å². The highest BCUT2D eigenvalue weighted by Crippen LogP contribution is 2.43. The Labute approximate surface area is 146 Å². The minimum Gasteiger partial charge on any atom is -0.508 e. The van der Waals surface area contributed by atoms with Gasteiger partial charge in [0.25, 0.3) is 0 Å². The number of ether oxygens (including phenoxy) is 2. The normalized spacial score (nSPS) is 25.6. The Balaban J connectivity index is 1.70. The van der Waals surface area contributed by atoms with E-state index < -0.39 is 0 Å². The van der Waals surface area contributed by atoms with E-state index in [2.05, 4.69) is 17.8 Å². The zero-order valence-corrected chi connectivity index (χ0v) is 14.0. The maximum absolute atomic E-state index is 10.3. The lowest BCUT2D eigenvalue weighted by Gasteiger charge is -2.23. The summed E-state index contributed by atoms with van der Waals surface area (Å²) in [4.78, 5) is 0. The van der Waals surface area contributed by atoms with Crippen molar-refractivity contribution in [3.05, 3.63) is 47.5 Å². The SMILES string of the molecule is CC1NNC(c2ccc(O)cc2O)C1c1ccc2c(c1)OCCCO2. The number of hydrogen-bond acceptors (Lipinski definition) is 6. The number of rotatable bonds is 2. The Kier molecular flexibility index (Phi) is 4.15. The van der Waals surface area contributed by atoms with Gasteiger partial charge in [-0.2, -0.15) is 0 Å². The van der Waals surface area contributed by atoms with Crippen molar-refractivity contribution in [1.29, 1.82) is 0 Å². The smallest absolute Gasteiger partial charge is 0.161 e. The molecule has 25 heavy (non-hydrogen) atoms. The second kappa shape index (κ2) is 6.46. The fraction of sp³-hybridized carbons (Fsp3) is 0.368. The number of aromatic hydroxyl groups is 2. The summed E-state index contributed by atoms with van der Waals surface area (Å²) in [6.45, 7) is 3.41. The first-order valence-corrected chi connectivity index (χ1v) is 8.56. The molecule has 0 aliphatic carbocycles. The summed E-state index contributed by atoms with van der Waals surface area (Å²) in [5, 5.41) is 19.8. The van der Waals surface area contributed by atoms with Crippen molar-refractivity contribution in [2.45, 2.75) is 31.3 Å². The molecule has 1 saturated heterocycles. The van der Waals surface area contributed by atoms with Gasteiger partial charge in [0.1, 0.15) is 11.5 Å². The average Bonchev–Trinajstić information content (AvgIpc) is 2.82. The lowest BCUT2D eigenvalue weighted by Crippen LogP contribution is -2.29. The van der Waals surface area contributed by atoms with Crippen molar-refractivity contribution < 1.29 is 19.7 Å². The van der Waals surface area contributed by atoms with Gasteiger partial charge in [-0.3, -0.25) is 5.43 Å². The highest BCUT2D eigenvalue weighted by atomic mass is 16.5. The highest BCUT2D eigenvalue weighted by molar-refractivity contribution is 5.48. The Morgan fingerprint density at radius 1 is 0.960 bits per heavy atom. The summed E-state index contributed by atoms with van der Waals surface area (Å²) >= 11 is 0. The van der Waals surface area contributed by atoms with Crippen LogP contribution in [0.5, 0.6) is 23.0 Å². The number of fused-ring (bicyclic) bond motifs is 1. The molecule has 2 heterocycles. The fourth-order valence-corrected chi connectivity index (χ4v) is 3.62. The van der Waals surface area contributed by atoms with Crippen LogP contribution in [0, 0.1) is 0 Å². The van der Waals surface area contributed by atoms with Crippen LogP contribution in [0.4, 0.5) is 0 Å². The molecule has 0 radical (unpaired) electrons. The average molecular weight is 342 g/mol. The predicted molar refractivity (Wildman–Crippen MR) is 93.0 cm³/mol. The van der Waals surface area contributed by atoms with Crippen LogP contribution in [0.15, 0.2) is 36.4 Å². The van der Waals surface area contributed by atoms with E-state index >= 15 is 0 Å². The fourth-order valence-electron chi connectivity index (χ4n) is 3.62.